The summed E-state index contributed by atoms with van der Waals surface area (Å²) in [6.45, 7) is 7.21. The van der Waals surface area contributed by atoms with Gasteiger partial charge in [-0.2, -0.15) is 0 Å². The quantitative estimate of drug-likeness (QED) is 0.0222. The Morgan fingerprint density at radius 1 is 0.318 bits per heavy atom. The Kier molecular flexibility index (Phi) is 61.1. The predicted octanol–water partition coefficient (Wildman–Crippen LogP) is 19.7. The molecular formula is C69H134O17P2. The first kappa shape index (κ1) is 86.1. The third-order valence-corrected chi connectivity index (χ3v) is 18.3. The fourth-order valence-electron chi connectivity index (χ4n) is 10.4. The second-order valence-corrected chi connectivity index (χ2v) is 28.1. The van der Waals surface area contributed by atoms with Crippen LogP contribution in [0.5, 0.6) is 0 Å². The van der Waals surface area contributed by atoms with Crippen LogP contribution in [0.3, 0.4) is 0 Å². The Morgan fingerprint density at radius 2 is 0.545 bits per heavy atom. The van der Waals surface area contributed by atoms with Crippen molar-refractivity contribution in [3.63, 3.8) is 0 Å². The largest absolute Gasteiger partial charge is 0.472 e. The number of rotatable bonds is 69. The summed E-state index contributed by atoms with van der Waals surface area (Å²) in [4.78, 5) is 72.2. The molecule has 88 heavy (non-hydrogen) atoms. The smallest absolute Gasteiger partial charge is 0.462 e. The van der Waals surface area contributed by atoms with Crippen molar-refractivity contribution in [2.24, 2.45) is 5.92 Å². The molecule has 0 fully saturated rings. The number of aliphatic hydroxyl groups is 1. The Bertz CT molecular complexity index is 1710. The molecule has 0 aromatic rings. The van der Waals surface area contributed by atoms with Crippen molar-refractivity contribution in [3.05, 3.63) is 0 Å². The van der Waals surface area contributed by atoms with Crippen molar-refractivity contribution in [2.45, 2.75) is 374 Å². The van der Waals surface area contributed by atoms with E-state index in [1.807, 2.05) is 0 Å². The molecule has 0 heterocycles. The van der Waals surface area contributed by atoms with E-state index in [1.165, 1.54) is 173 Å². The third kappa shape index (κ3) is 61.6. The van der Waals surface area contributed by atoms with Crippen LogP contribution in [0, 0.1) is 5.92 Å². The van der Waals surface area contributed by atoms with Gasteiger partial charge in [0.1, 0.15) is 19.3 Å². The molecule has 17 nitrogen and oxygen atoms in total. The van der Waals surface area contributed by atoms with Crippen molar-refractivity contribution in [1.82, 2.24) is 0 Å². The molecule has 0 spiro atoms. The zero-order valence-corrected chi connectivity index (χ0v) is 58.6. The highest BCUT2D eigenvalue weighted by atomic mass is 31.2. The molecule has 6 atom stereocenters. The second-order valence-electron chi connectivity index (χ2n) is 25.2. The Morgan fingerprint density at radius 3 is 0.807 bits per heavy atom. The van der Waals surface area contributed by atoms with Crippen molar-refractivity contribution < 1.29 is 80.2 Å². The van der Waals surface area contributed by atoms with Crippen LogP contribution < -0.4 is 0 Å². The lowest BCUT2D eigenvalue weighted by atomic mass is 9.99. The van der Waals surface area contributed by atoms with E-state index in [2.05, 4.69) is 34.6 Å². The summed E-state index contributed by atoms with van der Waals surface area (Å²) in [5, 5.41) is 10.5. The minimum absolute atomic E-state index is 0.106. The van der Waals surface area contributed by atoms with Gasteiger partial charge in [-0.1, -0.05) is 304 Å². The summed E-state index contributed by atoms with van der Waals surface area (Å²) < 4.78 is 68.0. The summed E-state index contributed by atoms with van der Waals surface area (Å²) in [5.74, 6) is -1.29. The molecule has 0 aliphatic carbocycles. The summed E-state index contributed by atoms with van der Waals surface area (Å²) in [6, 6.07) is 0. The van der Waals surface area contributed by atoms with Gasteiger partial charge >= 0.3 is 39.5 Å². The highest BCUT2D eigenvalue weighted by Crippen LogP contribution is 2.45. The minimum atomic E-state index is -4.95. The van der Waals surface area contributed by atoms with E-state index in [1.54, 1.807) is 0 Å². The molecule has 0 aliphatic heterocycles. The summed E-state index contributed by atoms with van der Waals surface area (Å²) in [7, 11) is -9.89. The van der Waals surface area contributed by atoms with Crippen molar-refractivity contribution in [1.29, 1.82) is 0 Å². The van der Waals surface area contributed by atoms with Gasteiger partial charge in [0, 0.05) is 25.7 Å². The van der Waals surface area contributed by atoms with Crippen LogP contribution in [0.15, 0.2) is 0 Å². The summed E-state index contributed by atoms with van der Waals surface area (Å²) in [6.07, 6.45) is 48.8. The van der Waals surface area contributed by atoms with Gasteiger partial charge in [0.2, 0.25) is 0 Å². The van der Waals surface area contributed by atoms with Crippen molar-refractivity contribution in [2.75, 3.05) is 39.6 Å². The zero-order chi connectivity index (χ0) is 64.9. The van der Waals surface area contributed by atoms with Gasteiger partial charge in [-0.05, 0) is 31.6 Å². The SMILES string of the molecule is CCCCCCCCCCCCCCCCC(=O)OC[C@H](COP(=O)(O)OC[C@@H](O)COP(=O)(O)OC[C@@H](COC(=O)CCCCCCC)OC(=O)CCCCCCCCCCCCC)OC(=O)CCCCCCCCCCCCCCCCC(C)CC. The molecule has 0 saturated carbocycles. The number of carbonyl (C=O) groups excluding carboxylic acids is 4. The van der Waals surface area contributed by atoms with Crippen molar-refractivity contribution >= 4 is 39.5 Å². The summed E-state index contributed by atoms with van der Waals surface area (Å²) in [5.41, 5.74) is 0. The molecule has 19 heteroatoms. The lowest BCUT2D eigenvalue weighted by Crippen LogP contribution is -2.30. The van der Waals surface area contributed by atoms with Gasteiger partial charge < -0.3 is 33.8 Å². The predicted molar refractivity (Wildman–Crippen MR) is 354 cm³/mol. The number of phosphoric ester groups is 2. The molecule has 0 rings (SSSR count). The molecule has 522 valence electrons. The number of phosphoric acid groups is 2. The Balaban J connectivity index is 5.15. The number of esters is 4. The van der Waals surface area contributed by atoms with Crippen molar-refractivity contribution in [3.8, 4) is 0 Å². The standard InChI is InChI=1S/C69H134O17P2/c1-6-10-13-16-18-20-22-23-27-31-34-38-43-48-53-67(72)80-59-65(86-69(74)55-50-45-40-36-32-28-25-24-26-30-33-37-42-46-51-62(5)9-4)61-84-88(77,78)82-57-63(70)56-81-87(75,76)83-60-64(58-79-66(71)52-47-41-15-12-8-3)85-68(73)54-49-44-39-35-29-21-19-17-14-11-7-2/h62-65,70H,6-61H2,1-5H3,(H,75,76)(H,77,78)/t62?,63-,64+,65+/m0/s1. The number of ether oxygens (including phenoxy) is 4. The average Bonchev–Trinajstić information content (AvgIpc) is 3.72. The van der Waals surface area contributed by atoms with Crippen LogP contribution in [-0.4, -0.2) is 96.7 Å². The number of unbranched alkanes of at least 4 members (excludes halogenated alkanes) is 40. The van der Waals surface area contributed by atoms with Crippen LogP contribution >= 0.6 is 15.6 Å². The van der Waals surface area contributed by atoms with E-state index < -0.39 is 97.5 Å². The molecule has 0 radical (unpaired) electrons. The number of carbonyl (C=O) groups is 4. The summed E-state index contributed by atoms with van der Waals surface area (Å²) >= 11 is 0. The molecule has 3 N–H and O–H groups in total. The molecule has 0 aromatic carbocycles. The van der Waals surface area contributed by atoms with Gasteiger partial charge in [-0.15, -0.1) is 0 Å². The van der Waals surface area contributed by atoms with Crippen LogP contribution in [0.4, 0.5) is 0 Å². The zero-order valence-electron chi connectivity index (χ0n) is 56.9. The lowest BCUT2D eigenvalue weighted by Gasteiger charge is -2.21. The molecule has 0 aromatic heterocycles. The fourth-order valence-corrected chi connectivity index (χ4v) is 12.0. The van der Waals surface area contributed by atoms with E-state index in [4.69, 9.17) is 37.0 Å². The average molecular weight is 1300 g/mol. The fraction of sp³-hybridized carbons (Fsp3) is 0.942. The van der Waals surface area contributed by atoms with Gasteiger partial charge in [-0.3, -0.25) is 37.3 Å². The van der Waals surface area contributed by atoms with E-state index in [0.717, 1.165) is 102 Å². The minimum Gasteiger partial charge on any atom is -0.462 e. The topological polar surface area (TPSA) is 237 Å². The van der Waals surface area contributed by atoms with Crippen LogP contribution in [0.1, 0.15) is 356 Å². The maximum Gasteiger partial charge on any atom is 0.472 e. The molecule has 0 aliphatic rings. The van der Waals surface area contributed by atoms with Crippen LogP contribution in [-0.2, 0) is 65.4 Å². The molecule has 0 bridgehead atoms. The second kappa shape index (κ2) is 62.5. The van der Waals surface area contributed by atoms with Gasteiger partial charge in [0.05, 0.1) is 26.4 Å². The van der Waals surface area contributed by atoms with Gasteiger partial charge in [0.25, 0.3) is 0 Å². The first-order valence-electron chi connectivity index (χ1n) is 36.2. The number of hydrogen-bond donors (Lipinski definition) is 3. The normalized spacial score (nSPS) is 14.4. The van der Waals surface area contributed by atoms with Gasteiger partial charge in [-0.25, -0.2) is 9.13 Å². The maximum absolute atomic E-state index is 13.0. The molecule has 0 saturated heterocycles. The first-order valence-corrected chi connectivity index (χ1v) is 39.2. The third-order valence-electron chi connectivity index (χ3n) is 16.4. The van der Waals surface area contributed by atoms with E-state index in [0.29, 0.717) is 25.7 Å². The highest BCUT2D eigenvalue weighted by Gasteiger charge is 2.30. The first-order chi connectivity index (χ1) is 42.6. The number of hydrogen-bond acceptors (Lipinski definition) is 15. The number of aliphatic hydroxyl groups excluding tert-OH is 1. The highest BCUT2D eigenvalue weighted by molar-refractivity contribution is 7.47. The maximum atomic E-state index is 13.0. The lowest BCUT2D eigenvalue weighted by molar-refractivity contribution is -0.161. The Labute approximate surface area is 537 Å². The Hall–Kier alpha value is -1.94. The molecular weight excluding hydrogens is 1160 g/mol. The van der Waals surface area contributed by atoms with E-state index in [9.17, 15) is 43.2 Å². The molecule has 0 amide bonds. The molecule has 3 unspecified atom stereocenters. The van der Waals surface area contributed by atoms with Crippen LogP contribution in [0.2, 0.25) is 0 Å². The monoisotopic (exact) mass is 1300 g/mol. The van der Waals surface area contributed by atoms with E-state index in [-0.39, 0.29) is 25.7 Å². The van der Waals surface area contributed by atoms with Gasteiger partial charge in [0.15, 0.2) is 12.2 Å². The van der Waals surface area contributed by atoms with Crippen LogP contribution in [0.25, 0.3) is 0 Å². The van der Waals surface area contributed by atoms with E-state index >= 15 is 0 Å².